The van der Waals surface area contributed by atoms with Gasteiger partial charge in [-0.3, -0.25) is 9.78 Å². The number of benzene rings is 1. The van der Waals surface area contributed by atoms with Gasteiger partial charge in [0.05, 0.1) is 10.6 Å². The highest BCUT2D eigenvalue weighted by Gasteiger charge is 2.33. The Balaban J connectivity index is 0.000000309. The van der Waals surface area contributed by atoms with Gasteiger partial charge in [0.15, 0.2) is 0 Å². The summed E-state index contributed by atoms with van der Waals surface area (Å²) in [5, 5.41) is 3.99. The van der Waals surface area contributed by atoms with E-state index in [0.29, 0.717) is 11.1 Å². The minimum absolute atomic E-state index is 0.254. The molecule has 0 unspecified atom stereocenters. The number of carbonyl (C=O) groups is 1. The van der Waals surface area contributed by atoms with Crippen molar-refractivity contribution in [3.8, 4) is 0 Å². The molecule has 27 heavy (non-hydrogen) atoms. The van der Waals surface area contributed by atoms with Crippen LogP contribution >= 0.6 is 11.6 Å². The van der Waals surface area contributed by atoms with Crippen molar-refractivity contribution < 1.29 is 18.0 Å². The Morgan fingerprint density at radius 2 is 1.81 bits per heavy atom. The first-order valence-electron chi connectivity index (χ1n) is 8.06. The number of rotatable bonds is 3. The maximum absolute atomic E-state index is 12.6. The maximum atomic E-state index is 12.6. The monoisotopic (exact) mass is 400 g/mol. The molecule has 2 rings (SSSR count). The predicted octanol–water partition coefficient (Wildman–Crippen LogP) is 5.52. The highest BCUT2D eigenvalue weighted by atomic mass is 35.5. The molecule has 2 aromatic rings. The van der Waals surface area contributed by atoms with Crippen LogP contribution in [-0.2, 0) is 12.7 Å². The van der Waals surface area contributed by atoms with Crippen molar-refractivity contribution in [2.45, 2.75) is 46.0 Å². The average Bonchev–Trinajstić information content (AvgIpc) is 2.53. The number of nitrogens with two attached hydrogens (primary N) is 1. The topological polar surface area (TPSA) is 70.1 Å². The van der Waals surface area contributed by atoms with Crippen LogP contribution in [0.15, 0.2) is 36.5 Å². The highest BCUT2D eigenvalue weighted by Crippen LogP contribution is 2.35. The molecular formula is C19H22ClF3N3O-. The maximum Gasteiger partial charge on any atom is 0.417 e. The smallest absolute Gasteiger partial charge is 0.417 e. The Morgan fingerprint density at radius 1 is 1.19 bits per heavy atom. The molecular weight excluding hydrogens is 379 g/mol. The third-order valence-electron chi connectivity index (χ3n) is 3.25. The normalized spacial score (nSPS) is 11.6. The Labute approximate surface area is 161 Å². The van der Waals surface area contributed by atoms with E-state index in [-0.39, 0.29) is 17.1 Å². The van der Waals surface area contributed by atoms with Gasteiger partial charge in [-0.25, -0.2) is 0 Å². The number of amides is 1. The highest BCUT2D eigenvalue weighted by molar-refractivity contribution is 6.31. The van der Waals surface area contributed by atoms with Gasteiger partial charge in [-0.2, -0.15) is 13.2 Å². The lowest BCUT2D eigenvalue weighted by molar-refractivity contribution is -0.137. The van der Waals surface area contributed by atoms with Crippen LogP contribution in [0.4, 0.5) is 13.2 Å². The zero-order valence-electron chi connectivity index (χ0n) is 15.6. The first kappa shape index (κ1) is 22.9. The van der Waals surface area contributed by atoms with E-state index < -0.39 is 17.6 Å². The zero-order valence-corrected chi connectivity index (χ0v) is 16.3. The van der Waals surface area contributed by atoms with Crippen molar-refractivity contribution >= 4 is 17.5 Å². The Bertz CT molecular complexity index is 786. The SMILES string of the molecule is CC(C)(C)[N-]Cc1ccc(Cl)c(C(F)(F)F)c1.Cc1cc(C(N)=O)ccn1. The Morgan fingerprint density at radius 3 is 2.26 bits per heavy atom. The molecule has 1 amide bonds. The van der Waals surface area contributed by atoms with E-state index in [9.17, 15) is 18.0 Å². The molecule has 8 heteroatoms. The molecule has 0 radical (unpaired) electrons. The summed E-state index contributed by atoms with van der Waals surface area (Å²) in [5.41, 5.74) is 5.77. The molecule has 0 spiro atoms. The number of nitrogens with zero attached hydrogens (tertiary/aromatic N) is 2. The standard InChI is InChI=1S/C12H14ClF3N.C7H8N2O/c1-11(2,3)17-7-8-4-5-10(13)9(6-8)12(14,15)16;1-5-4-6(7(8)10)2-3-9-5/h4-6H,7H2,1-3H3;2-4H,1H3,(H2,8,10)/q-1;. The molecule has 0 saturated heterocycles. The summed E-state index contributed by atoms with van der Waals surface area (Å²) < 4.78 is 37.8. The van der Waals surface area contributed by atoms with E-state index in [0.717, 1.165) is 11.8 Å². The summed E-state index contributed by atoms with van der Waals surface area (Å²) in [7, 11) is 0. The Kier molecular flexibility index (Phi) is 7.80. The summed E-state index contributed by atoms with van der Waals surface area (Å²) in [4.78, 5) is 14.5. The van der Waals surface area contributed by atoms with E-state index in [4.69, 9.17) is 17.3 Å². The summed E-state index contributed by atoms with van der Waals surface area (Å²) in [5.74, 6) is -0.412. The van der Waals surface area contributed by atoms with Crippen molar-refractivity contribution in [2.75, 3.05) is 0 Å². The quantitative estimate of drug-likeness (QED) is 0.736. The van der Waals surface area contributed by atoms with Gasteiger partial charge in [0, 0.05) is 17.5 Å². The van der Waals surface area contributed by atoms with Crippen LogP contribution in [0.5, 0.6) is 0 Å². The molecule has 1 aromatic carbocycles. The minimum atomic E-state index is -4.42. The average molecular weight is 401 g/mol. The lowest BCUT2D eigenvalue weighted by Gasteiger charge is -2.36. The fraction of sp³-hybridized carbons (Fsp3) is 0.368. The van der Waals surface area contributed by atoms with Crippen molar-refractivity contribution in [3.05, 3.63) is 69.3 Å². The third kappa shape index (κ3) is 8.41. The number of hydrogen-bond donors (Lipinski definition) is 1. The largest absolute Gasteiger partial charge is 0.654 e. The molecule has 0 aliphatic rings. The number of halogens is 4. The second kappa shape index (κ2) is 9.19. The number of hydrogen-bond acceptors (Lipinski definition) is 2. The summed E-state index contributed by atoms with van der Waals surface area (Å²) >= 11 is 5.52. The van der Waals surface area contributed by atoms with E-state index >= 15 is 0 Å². The molecule has 0 bridgehead atoms. The molecule has 0 aliphatic heterocycles. The predicted molar refractivity (Wildman–Crippen MR) is 101 cm³/mol. The number of primary amides is 1. The van der Waals surface area contributed by atoms with Crippen LogP contribution in [0.2, 0.25) is 5.02 Å². The van der Waals surface area contributed by atoms with Crippen LogP contribution in [0.1, 0.15) is 48.0 Å². The van der Waals surface area contributed by atoms with Crippen molar-refractivity contribution in [3.63, 3.8) is 0 Å². The van der Waals surface area contributed by atoms with Gasteiger partial charge in [-0.15, -0.1) is 12.1 Å². The molecule has 0 saturated carbocycles. The molecule has 4 nitrogen and oxygen atoms in total. The summed E-state index contributed by atoms with van der Waals surface area (Å²) in [6.07, 6.45) is -2.86. The van der Waals surface area contributed by atoms with Gasteiger partial charge in [0.1, 0.15) is 0 Å². The number of pyridine rings is 1. The van der Waals surface area contributed by atoms with Crippen molar-refractivity contribution in [1.82, 2.24) is 4.98 Å². The van der Waals surface area contributed by atoms with Crippen molar-refractivity contribution in [2.24, 2.45) is 5.73 Å². The first-order valence-corrected chi connectivity index (χ1v) is 8.44. The summed E-state index contributed by atoms with van der Waals surface area (Å²) in [6.45, 7) is 7.75. The van der Waals surface area contributed by atoms with Gasteiger partial charge in [-0.1, -0.05) is 44.0 Å². The van der Waals surface area contributed by atoms with Gasteiger partial charge < -0.3 is 11.1 Å². The molecule has 148 valence electrons. The van der Waals surface area contributed by atoms with Gasteiger partial charge in [-0.05, 0) is 31.2 Å². The third-order valence-corrected chi connectivity index (χ3v) is 3.58. The zero-order chi connectivity index (χ0) is 20.8. The number of aromatic nitrogens is 1. The number of carbonyl (C=O) groups excluding carboxylic acids is 1. The van der Waals surface area contributed by atoms with Crippen LogP contribution < -0.4 is 5.73 Å². The van der Waals surface area contributed by atoms with Crippen LogP contribution in [0.25, 0.3) is 5.32 Å². The molecule has 0 fully saturated rings. The van der Waals surface area contributed by atoms with E-state index in [1.165, 1.54) is 6.07 Å². The molecule has 0 aliphatic carbocycles. The molecule has 2 N–H and O–H groups in total. The van der Waals surface area contributed by atoms with E-state index in [2.05, 4.69) is 10.3 Å². The first-order chi connectivity index (χ1) is 12.3. The summed E-state index contributed by atoms with van der Waals surface area (Å²) in [6, 6.07) is 7.12. The van der Waals surface area contributed by atoms with Crippen LogP contribution in [0.3, 0.4) is 0 Å². The second-order valence-corrected chi connectivity index (χ2v) is 7.26. The van der Waals surface area contributed by atoms with E-state index in [1.54, 1.807) is 24.4 Å². The van der Waals surface area contributed by atoms with Gasteiger partial charge in [0.25, 0.3) is 0 Å². The molecule has 1 aromatic heterocycles. The number of aryl methyl sites for hydroxylation is 1. The fourth-order valence-corrected chi connectivity index (χ4v) is 2.14. The van der Waals surface area contributed by atoms with Gasteiger partial charge in [0.2, 0.25) is 5.91 Å². The fourth-order valence-electron chi connectivity index (χ4n) is 1.92. The Hall–Kier alpha value is -2.12. The lowest BCUT2D eigenvalue weighted by atomic mass is 10.1. The van der Waals surface area contributed by atoms with Gasteiger partial charge >= 0.3 is 6.18 Å². The van der Waals surface area contributed by atoms with Crippen molar-refractivity contribution in [1.29, 1.82) is 0 Å². The molecule has 0 atom stereocenters. The van der Waals surface area contributed by atoms with E-state index in [1.807, 2.05) is 27.7 Å². The lowest BCUT2D eigenvalue weighted by Crippen LogP contribution is -2.13. The van der Waals surface area contributed by atoms with Crippen LogP contribution in [-0.4, -0.2) is 16.4 Å². The second-order valence-electron chi connectivity index (χ2n) is 6.85. The van der Waals surface area contributed by atoms with Crippen LogP contribution in [0, 0.1) is 6.92 Å². The molecule has 1 heterocycles. The minimum Gasteiger partial charge on any atom is -0.654 e. The number of alkyl halides is 3.